The van der Waals surface area contributed by atoms with Gasteiger partial charge in [0.2, 0.25) is 0 Å². The molecule has 1 amide bonds. The van der Waals surface area contributed by atoms with Gasteiger partial charge in [0.1, 0.15) is 10.9 Å². The highest BCUT2D eigenvalue weighted by Crippen LogP contribution is 2.35. The third-order valence-electron chi connectivity index (χ3n) is 4.41. The van der Waals surface area contributed by atoms with E-state index in [1.807, 2.05) is 56.3 Å². The number of hydrogen-bond acceptors (Lipinski definition) is 6. The van der Waals surface area contributed by atoms with E-state index in [-0.39, 0.29) is 12.5 Å². The van der Waals surface area contributed by atoms with Gasteiger partial charge in [-0.05, 0) is 43.2 Å². The van der Waals surface area contributed by atoms with E-state index in [4.69, 9.17) is 21.7 Å². The first-order valence-electron chi connectivity index (χ1n) is 9.70. The summed E-state index contributed by atoms with van der Waals surface area (Å²) >= 11 is 6.64. The number of nitriles is 1. The van der Waals surface area contributed by atoms with Gasteiger partial charge in [-0.15, -0.1) is 0 Å². The van der Waals surface area contributed by atoms with Crippen molar-refractivity contribution >= 4 is 40.3 Å². The number of benzene rings is 2. The highest BCUT2D eigenvalue weighted by atomic mass is 32.2. The van der Waals surface area contributed by atoms with E-state index in [1.54, 1.807) is 11.0 Å². The van der Waals surface area contributed by atoms with Crippen molar-refractivity contribution in [2.45, 2.75) is 26.9 Å². The molecule has 0 spiro atoms. The first-order valence-corrected chi connectivity index (χ1v) is 10.9. The smallest absolute Gasteiger partial charge is 0.266 e. The van der Waals surface area contributed by atoms with Gasteiger partial charge in [-0.25, -0.2) is 0 Å². The Morgan fingerprint density at radius 2 is 1.97 bits per heavy atom. The average molecular weight is 439 g/mol. The number of rotatable bonds is 8. The molecule has 1 fully saturated rings. The second-order valence-corrected chi connectivity index (χ2v) is 8.21. The van der Waals surface area contributed by atoms with E-state index in [0.29, 0.717) is 39.4 Å². The zero-order chi connectivity index (χ0) is 21.5. The fourth-order valence-corrected chi connectivity index (χ4v) is 4.29. The van der Waals surface area contributed by atoms with Crippen LogP contribution in [0.5, 0.6) is 11.5 Å². The lowest BCUT2D eigenvalue weighted by atomic mass is 10.1. The van der Waals surface area contributed by atoms with Gasteiger partial charge in [-0.1, -0.05) is 55.2 Å². The summed E-state index contributed by atoms with van der Waals surface area (Å²) in [5, 5.41) is 9.24. The van der Waals surface area contributed by atoms with Crippen LogP contribution in [0.1, 0.15) is 37.0 Å². The maximum atomic E-state index is 12.6. The minimum Gasteiger partial charge on any atom is -0.490 e. The molecule has 30 heavy (non-hydrogen) atoms. The zero-order valence-electron chi connectivity index (χ0n) is 16.9. The first kappa shape index (κ1) is 21.9. The van der Waals surface area contributed by atoms with Gasteiger partial charge in [-0.2, -0.15) is 5.26 Å². The Hall–Kier alpha value is -2.82. The Labute approximate surface area is 186 Å². The van der Waals surface area contributed by atoms with Crippen molar-refractivity contribution < 1.29 is 14.3 Å². The van der Waals surface area contributed by atoms with Crippen molar-refractivity contribution in [3.8, 4) is 17.6 Å². The lowest BCUT2D eigenvalue weighted by Crippen LogP contribution is -2.28. The van der Waals surface area contributed by atoms with Gasteiger partial charge in [0, 0.05) is 12.1 Å². The number of amides is 1. The van der Waals surface area contributed by atoms with Crippen LogP contribution in [0.15, 0.2) is 47.4 Å². The summed E-state index contributed by atoms with van der Waals surface area (Å²) in [5.74, 6) is 1.11. The molecule has 0 radical (unpaired) electrons. The van der Waals surface area contributed by atoms with Crippen molar-refractivity contribution in [3.05, 3.63) is 64.1 Å². The molecule has 1 aliphatic rings. The molecule has 0 bridgehead atoms. The minimum atomic E-state index is -0.0572. The maximum Gasteiger partial charge on any atom is 0.266 e. The Morgan fingerprint density at radius 3 is 2.70 bits per heavy atom. The summed E-state index contributed by atoms with van der Waals surface area (Å²) < 4.78 is 12.3. The summed E-state index contributed by atoms with van der Waals surface area (Å²) in [7, 11) is 0. The van der Waals surface area contributed by atoms with Crippen molar-refractivity contribution in [1.29, 1.82) is 5.26 Å². The molecule has 5 nitrogen and oxygen atoms in total. The van der Waals surface area contributed by atoms with Crippen LogP contribution >= 0.6 is 24.0 Å². The molecule has 1 aliphatic heterocycles. The van der Waals surface area contributed by atoms with E-state index in [1.165, 1.54) is 11.8 Å². The second kappa shape index (κ2) is 10.3. The molecule has 2 aromatic carbocycles. The van der Waals surface area contributed by atoms with Crippen LogP contribution in [0.25, 0.3) is 6.08 Å². The Bertz CT molecular complexity index is 1030. The Kier molecular flexibility index (Phi) is 7.50. The fraction of sp³-hybridized carbons (Fsp3) is 0.261. The average Bonchev–Trinajstić information content (AvgIpc) is 3.01. The Morgan fingerprint density at radius 1 is 1.17 bits per heavy atom. The normalized spacial score (nSPS) is 14.8. The molecule has 1 heterocycles. The van der Waals surface area contributed by atoms with E-state index in [0.717, 1.165) is 17.5 Å². The second-order valence-electron chi connectivity index (χ2n) is 6.53. The summed E-state index contributed by atoms with van der Waals surface area (Å²) in [6, 6.07) is 15.0. The van der Waals surface area contributed by atoms with Crippen LogP contribution in [0.3, 0.4) is 0 Å². The molecular weight excluding hydrogens is 416 g/mol. The van der Waals surface area contributed by atoms with Crippen LogP contribution in [0, 0.1) is 11.3 Å². The molecule has 0 aromatic heterocycles. The largest absolute Gasteiger partial charge is 0.490 e. The monoisotopic (exact) mass is 438 g/mol. The van der Waals surface area contributed by atoms with Crippen LogP contribution in [-0.2, 0) is 11.4 Å². The molecule has 7 heteroatoms. The van der Waals surface area contributed by atoms with Crippen LogP contribution in [0.2, 0.25) is 0 Å². The predicted octanol–water partition coefficient (Wildman–Crippen LogP) is 5.15. The maximum absolute atomic E-state index is 12.6. The summed E-state index contributed by atoms with van der Waals surface area (Å²) in [4.78, 5) is 14.8. The molecule has 154 valence electrons. The van der Waals surface area contributed by atoms with E-state index in [2.05, 4.69) is 6.07 Å². The number of hydrogen-bond donors (Lipinski definition) is 0. The molecule has 0 atom stereocenters. The molecule has 0 N–H and O–H groups in total. The number of thiocarbonyl (C=S) groups is 1. The van der Waals surface area contributed by atoms with Gasteiger partial charge in [0.15, 0.2) is 11.5 Å². The highest BCUT2D eigenvalue weighted by Gasteiger charge is 2.31. The molecule has 0 unspecified atom stereocenters. The number of nitrogens with zero attached hydrogens (tertiary/aromatic N) is 2. The molecule has 3 rings (SSSR count). The highest BCUT2D eigenvalue weighted by molar-refractivity contribution is 8.26. The molecule has 0 aliphatic carbocycles. The number of thioether (sulfide) groups is 1. The van der Waals surface area contributed by atoms with Crippen molar-refractivity contribution in [2.75, 3.05) is 13.2 Å². The molecule has 0 saturated carbocycles. The standard InChI is InChI=1S/C23H22N2O3S2/c1-3-11-25-22(26)21(30-23(25)29)13-16-9-10-19(20(12-16)27-4-2)28-15-18-8-6-5-7-17(18)14-24/h5-10,12-13H,3-4,11,15H2,1-2H3/b21-13+. The van der Waals surface area contributed by atoms with Crippen molar-refractivity contribution in [1.82, 2.24) is 4.90 Å². The number of carbonyl (C=O) groups is 1. The summed E-state index contributed by atoms with van der Waals surface area (Å²) in [6.45, 7) is 5.29. The zero-order valence-corrected chi connectivity index (χ0v) is 18.5. The van der Waals surface area contributed by atoms with E-state index >= 15 is 0 Å². The Balaban J connectivity index is 1.81. The van der Waals surface area contributed by atoms with Crippen LogP contribution in [-0.4, -0.2) is 28.3 Å². The topological polar surface area (TPSA) is 62.6 Å². The lowest BCUT2D eigenvalue weighted by Gasteiger charge is -2.13. The first-order chi connectivity index (χ1) is 14.6. The van der Waals surface area contributed by atoms with E-state index < -0.39 is 0 Å². The SMILES string of the molecule is CCCN1C(=O)/C(=C\c2ccc(OCc3ccccc3C#N)c(OCC)c2)SC1=S. The quantitative estimate of drug-likeness (QED) is 0.420. The molecule has 1 saturated heterocycles. The minimum absolute atomic E-state index is 0.0572. The molecule has 2 aromatic rings. The third kappa shape index (κ3) is 5.02. The molecular formula is C23H22N2O3S2. The van der Waals surface area contributed by atoms with Crippen molar-refractivity contribution in [2.24, 2.45) is 0 Å². The van der Waals surface area contributed by atoms with Gasteiger partial charge in [-0.3, -0.25) is 9.69 Å². The van der Waals surface area contributed by atoms with Crippen LogP contribution < -0.4 is 9.47 Å². The van der Waals surface area contributed by atoms with Gasteiger partial charge in [0.25, 0.3) is 5.91 Å². The van der Waals surface area contributed by atoms with E-state index in [9.17, 15) is 10.1 Å². The number of carbonyl (C=O) groups excluding carboxylic acids is 1. The third-order valence-corrected chi connectivity index (χ3v) is 5.78. The lowest BCUT2D eigenvalue weighted by molar-refractivity contribution is -0.122. The fourth-order valence-electron chi connectivity index (χ4n) is 2.98. The van der Waals surface area contributed by atoms with Gasteiger partial charge < -0.3 is 9.47 Å². The summed E-state index contributed by atoms with van der Waals surface area (Å²) in [5.41, 5.74) is 2.23. The van der Waals surface area contributed by atoms with Crippen molar-refractivity contribution in [3.63, 3.8) is 0 Å². The van der Waals surface area contributed by atoms with Crippen LogP contribution in [0.4, 0.5) is 0 Å². The van der Waals surface area contributed by atoms with Gasteiger partial charge >= 0.3 is 0 Å². The van der Waals surface area contributed by atoms with Gasteiger partial charge in [0.05, 0.1) is 23.1 Å². The number of ether oxygens (including phenoxy) is 2. The predicted molar refractivity (Wildman–Crippen MR) is 123 cm³/mol. The summed E-state index contributed by atoms with van der Waals surface area (Å²) in [6.07, 6.45) is 2.68.